The number of aromatic nitrogens is 1. The van der Waals surface area contributed by atoms with Crippen molar-refractivity contribution in [3.05, 3.63) is 68.0 Å². The molecule has 3 rings (SSSR count). The molecule has 5 nitrogen and oxygen atoms in total. The van der Waals surface area contributed by atoms with E-state index < -0.39 is 22.9 Å². The zero-order valence-corrected chi connectivity index (χ0v) is 13.5. The minimum Gasteiger partial charge on any atom is -0.503 e. The molecule has 1 aromatic rings. The molecule has 1 aromatic heterocycles. The second kappa shape index (κ2) is 6.02. The molecule has 2 heterocycles. The van der Waals surface area contributed by atoms with E-state index in [1.807, 2.05) is 0 Å². The molecule has 1 amide bonds. The molecule has 0 saturated carbocycles. The van der Waals surface area contributed by atoms with E-state index in [2.05, 4.69) is 21.7 Å². The Hall–Kier alpha value is -2.37. The molecule has 0 aromatic carbocycles. The van der Waals surface area contributed by atoms with Gasteiger partial charge in [0.05, 0.1) is 4.60 Å². The number of nitrogens with zero attached hydrogens (tertiary/aromatic N) is 2. The molecule has 0 unspecified atom stereocenters. The zero-order chi connectivity index (χ0) is 16.6. The van der Waals surface area contributed by atoms with Crippen molar-refractivity contribution in [3.63, 3.8) is 0 Å². The molecule has 1 N–H and O–H groups in total. The largest absolute Gasteiger partial charge is 0.503 e. The Morgan fingerprint density at radius 2 is 2.04 bits per heavy atom. The van der Waals surface area contributed by atoms with Crippen molar-refractivity contribution in [2.24, 2.45) is 0 Å². The van der Waals surface area contributed by atoms with Gasteiger partial charge >= 0.3 is 0 Å². The summed E-state index contributed by atoms with van der Waals surface area (Å²) in [7, 11) is 0. The third kappa shape index (κ3) is 2.93. The number of pyridine rings is 1. The summed E-state index contributed by atoms with van der Waals surface area (Å²) in [6.45, 7) is 1.09. The summed E-state index contributed by atoms with van der Waals surface area (Å²) >= 11 is 3.23. The van der Waals surface area contributed by atoms with Crippen LogP contribution in [0.15, 0.2) is 56.9 Å². The standard InChI is InChI=1S/C16H12BrFN2O3/c17-13-8-12(21)15(22)14-16(23)19(6-7-20(13)14)9-10-2-1-3-11(18)5-4-10/h2-5,8,22H,6-7,9H2. The van der Waals surface area contributed by atoms with E-state index in [0.29, 0.717) is 23.3 Å². The predicted molar refractivity (Wildman–Crippen MR) is 85.9 cm³/mol. The first-order chi connectivity index (χ1) is 11.0. The molecule has 0 saturated heterocycles. The molecular formula is C16H12BrFN2O3. The molecule has 2 aliphatic rings. The zero-order valence-electron chi connectivity index (χ0n) is 11.9. The number of carbonyl (C=O) groups excluding carboxylic acids is 1. The maximum Gasteiger partial charge on any atom is 0.274 e. The number of rotatable bonds is 2. The van der Waals surface area contributed by atoms with Gasteiger partial charge in [0.15, 0.2) is 11.4 Å². The van der Waals surface area contributed by atoms with Gasteiger partial charge in [0.25, 0.3) is 5.91 Å². The average Bonchev–Trinajstić information content (AvgIpc) is 2.71. The van der Waals surface area contributed by atoms with E-state index >= 15 is 0 Å². The van der Waals surface area contributed by atoms with Crippen LogP contribution in [0.3, 0.4) is 0 Å². The van der Waals surface area contributed by atoms with Crippen LogP contribution in [-0.4, -0.2) is 33.6 Å². The van der Waals surface area contributed by atoms with Crippen LogP contribution in [0.1, 0.15) is 10.5 Å². The molecule has 7 heteroatoms. The lowest BCUT2D eigenvalue weighted by Crippen LogP contribution is -2.42. The number of hydrogen-bond acceptors (Lipinski definition) is 3. The number of allylic oxidation sites excluding steroid dienone is 3. The Morgan fingerprint density at radius 1 is 1.26 bits per heavy atom. The van der Waals surface area contributed by atoms with Gasteiger partial charge in [-0.15, -0.1) is 5.73 Å². The van der Waals surface area contributed by atoms with E-state index in [-0.39, 0.29) is 12.2 Å². The lowest BCUT2D eigenvalue weighted by atomic mass is 10.1. The highest BCUT2D eigenvalue weighted by molar-refractivity contribution is 9.10. The number of aromatic hydroxyl groups is 1. The van der Waals surface area contributed by atoms with Crippen LogP contribution in [-0.2, 0) is 6.54 Å². The van der Waals surface area contributed by atoms with Crippen LogP contribution in [0.25, 0.3) is 0 Å². The van der Waals surface area contributed by atoms with E-state index in [4.69, 9.17) is 0 Å². The Morgan fingerprint density at radius 3 is 2.83 bits per heavy atom. The van der Waals surface area contributed by atoms with E-state index in [1.165, 1.54) is 23.1 Å². The monoisotopic (exact) mass is 378 g/mol. The Kier molecular flexibility index (Phi) is 4.07. The summed E-state index contributed by atoms with van der Waals surface area (Å²) in [4.78, 5) is 25.8. The summed E-state index contributed by atoms with van der Waals surface area (Å²) in [5.41, 5.74) is 2.74. The van der Waals surface area contributed by atoms with Crippen LogP contribution < -0.4 is 5.43 Å². The normalized spacial score (nSPS) is 16.8. The van der Waals surface area contributed by atoms with Crippen molar-refractivity contribution in [2.75, 3.05) is 13.1 Å². The van der Waals surface area contributed by atoms with Crippen LogP contribution in [0.4, 0.5) is 4.39 Å². The summed E-state index contributed by atoms with van der Waals surface area (Å²) in [5.74, 6) is -1.42. The smallest absolute Gasteiger partial charge is 0.274 e. The van der Waals surface area contributed by atoms with Gasteiger partial charge in [0.2, 0.25) is 5.43 Å². The first kappa shape index (κ1) is 15.5. The van der Waals surface area contributed by atoms with Gasteiger partial charge in [-0.2, -0.15) is 0 Å². The van der Waals surface area contributed by atoms with Gasteiger partial charge in [-0.25, -0.2) is 4.39 Å². The lowest BCUT2D eigenvalue weighted by molar-refractivity contribution is 0.0713. The number of amides is 1. The first-order valence-electron chi connectivity index (χ1n) is 6.88. The predicted octanol–water partition coefficient (Wildman–Crippen LogP) is 2.28. The Labute approximate surface area is 139 Å². The Bertz CT molecular complexity index is 876. The molecule has 0 spiro atoms. The van der Waals surface area contributed by atoms with Crippen molar-refractivity contribution in [1.82, 2.24) is 9.47 Å². The summed E-state index contributed by atoms with van der Waals surface area (Å²) in [6.07, 6.45) is 5.67. The van der Waals surface area contributed by atoms with Crippen molar-refractivity contribution < 1.29 is 14.3 Å². The van der Waals surface area contributed by atoms with Crippen molar-refractivity contribution >= 4 is 21.8 Å². The molecule has 0 atom stereocenters. The van der Waals surface area contributed by atoms with E-state index in [0.717, 1.165) is 0 Å². The Balaban J connectivity index is 1.93. The van der Waals surface area contributed by atoms with Crippen LogP contribution in [0, 0.1) is 0 Å². The minimum absolute atomic E-state index is 0.0360. The quantitative estimate of drug-likeness (QED) is 0.634. The number of hydrogen-bond donors (Lipinski definition) is 1. The molecular weight excluding hydrogens is 367 g/mol. The van der Waals surface area contributed by atoms with Gasteiger partial charge in [0.1, 0.15) is 5.83 Å². The average molecular weight is 379 g/mol. The molecule has 0 fully saturated rings. The number of carbonyl (C=O) groups is 1. The van der Waals surface area contributed by atoms with Gasteiger partial charge < -0.3 is 14.6 Å². The van der Waals surface area contributed by atoms with Gasteiger partial charge in [0, 0.05) is 31.8 Å². The fraction of sp³-hybridized carbons (Fsp3) is 0.188. The molecule has 0 radical (unpaired) electrons. The highest BCUT2D eigenvalue weighted by Crippen LogP contribution is 2.24. The molecule has 23 heavy (non-hydrogen) atoms. The summed E-state index contributed by atoms with van der Waals surface area (Å²) in [6, 6.07) is 1.23. The topological polar surface area (TPSA) is 62.5 Å². The first-order valence-corrected chi connectivity index (χ1v) is 7.67. The van der Waals surface area contributed by atoms with E-state index in [1.54, 1.807) is 16.7 Å². The molecule has 118 valence electrons. The van der Waals surface area contributed by atoms with Crippen LogP contribution in [0.5, 0.6) is 5.75 Å². The third-order valence-electron chi connectivity index (χ3n) is 3.64. The third-order valence-corrected chi connectivity index (χ3v) is 4.30. The maximum absolute atomic E-state index is 13.1. The van der Waals surface area contributed by atoms with Gasteiger partial charge in [-0.05, 0) is 33.7 Å². The van der Waals surface area contributed by atoms with Crippen LogP contribution in [0.2, 0.25) is 0 Å². The van der Waals surface area contributed by atoms with E-state index in [9.17, 15) is 19.1 Å². The van der Waals surface area contributed by atoms with Gasteiger partial charge in [-0.1, -0.05) is 6.08 Å². The highest BCUT2D eigenvalue weighted by atomic mass is 79.9. The highest BCUT2D eigenvalue weighted by Gasteiger charge is 2.29. The lowest BCUT2D eigenvalue weighted by Gasteiger charge is -2.31. The van der Waals surface area contributed by atoms with Crippen LogP contribution >= 0.6 is 15.9 Å². The second-order valence-electron chi connectivity index (χ2n) is 5.16. The number of fused-ring (bicyclic) bond motifs is 1. The molecule has 1 aliphatic carbocycles. The fourth-order valence-electron chi connectivity index (χ4n) is 2.49. The second-order valence-corrected chi connectivity index (χ2v) is 5.97. The molecule has 0 bridgehead atoms. The fourth-order valence-corrected chi connectivity index (χ4v) is 3.06. The van der Waals surface area contributed by atoms with Crippen molar-refractivity contribution in [3.8, 4) is 5.75 Å². The minimum atomic E-state index is -0.611. The molecule has 1 aliphatic heterocycles. The van der Waals surface area contributed by atoms with Crippen molar-refractivity contribution in [2.45, 2.75) is 6.54 Å². The number of halogens is 2. The summed E-state index contributed by atoms with van der Waals surface area (Å²) in [5, 5.41) is 9.94. The van der Waals surface area contributed by atoms with Crippen molar-refractivity contribution in [1.29, 1.82) is 0 Å². The van der Waals surface area contributed by atoms with Gasteiger partial charge in [-0.3, -0.25) is 9.59 Å². The maximum atomic E-state index is 13.1. The SMILES string of the molecule is O=C1c2c(O)c(=O)cc(Br)n2CCN1CC1=CC=C(F)C=C=C1. The summed E-state index contributed by atoms with van der Waals surface area (Å²) < 4.78 is 15.1.